The lowest BCUT2D eigenvalue weighted by Crippen LogP contribution is -2.38. The number of rotatable bonds is 5. The Labute approximate surface area is 123 Å². The highest BCUT2D eigenvalue weighted by Crippen LogP contribution is 2.27. The molecule has 1 aromatic carbocycles. The summed E-state index contributed by atoms with van der Waals surface area (Å²) >= 11 is 0. The lowest BCUT2D eigenvalue weighted by molar-refractivity contribution is -0.384. The van der Waals surface area contributed by atoms with Gasteiger partial charge in [-0.25, -0.2) is 0 Å². The van der Waals surface area contributed by atoms with Crippen molar-refractivity contribution in [3.63, 3.8) is 0 Å². The quantitative estimate of drug-likeness (QED) is 0.564. The van der Waals surface area contributed by atoms with Crippen LogP contribution < -0.4 is 16.0 Å². The Morgan fingerprint density at radius 2 is 2.33 bits per heavy atom. The molecule has 7 nitrogen and oxygen atoms in total. The maximum absolute atomic E-state index is 11.8. The van der Waals surface area contributed by atoms with Crippen molar-refractivity contribution in [1.29, 1.82) is 0 Å². The van der Waals surface area contributed by atoms with E-state index >= 15 is 0 Å². The lowest BCUT2D eigenvalue weighted by atomic mass is 10.1. The second-order valence-corrected chi connectivity index (χ2v) is 5.04. The monoisotopic (exact) mass is 292 g/mol. The van der Waals surface area contributed by atoms with Crippen LogP contribution in [-0.4, -0.2) is 36.5 Å². The predicted octanol–water partition coefficient (Wildman–Crippen LogP) is 1.51. The molecular formula is C14H20N4O3. The van der Waals surface area contributed by atoms with E-state index in [1.54, 1.807) is 6.07 Å². The predicted molar refractivity (Wildman–Crippen MR) is 80.6 cm³/mol. The number of amides is 1. The maximum atomic E-state index is 11.8. The molecule has 0 aromatic heterocycles. The second kappa shape index (κ2) is 7.03. The average Bonchev–Trinajstić information content (AvgIpc) is 2.48. The van der Waals surface area contributed by atoms with E-state index in [1.807, 2.05) is 6.92 Å². The van der Waals surface area contributed by atoms with Gasteiger partial charge in [-0.1, -0.05) is 0 Å². The minimum Gasteiger partial charge on any atom is -0.375 e. The first kappa shape index (κ1) is 15.2. The van der Waals surface area contributed by atoms with Crippen molar-refractivity contribution < 1.29 is 9.72 Å². The molecule has 2 rings (SSSR count). The molecule has 114 valence electrons. The van der Waals surface area contributed by atoms with E-state index in [1.165, 1.54) is 12.1 Å². The molecular weight excluding hydrogens is 272 g/mol. The van der Waals surface area contributed by atoms with E-state index < -0.39 is 4.92 Å². The number of piperidine rings is 1. The fourth-order valence-electron chi connectivity index (χ4n) is 2.41. The number of nitro benzene ring substituents is 1. The highest BCUT2D eigenvalue weighted by atomic mass is 16.6. The molecule has 0 radical (unpaired) electrons. The van der Waals surface area contributed by atoms with Gasteiger partial charge < -0.3 is 16.0 Å². The molecule has 1 aliphatic heterocycles. The van der Waals surface area contributed by atoms with Crippen molar-refractivity contribution in [2.75, 3.05) is 25.0 Å². The third-order valence-electron chi connectivity index (χ3n) is 3.45. The zero-order valence-electron chi connectivity index (χ0n) is 12.0. The van der Waals surface area contributed by atoms with Gasteiger partial charge in [0.25, 0.3) is 11.6 Å². The van der Waals surface area contributed by atoms with E-state index in [9.17, 15) is 14.9 Å². The van der Waals surface area contributed by atoms with Crippen LogP contribution in [0.25, 0.3) is 0 Å². The Balaban J connectivity index is 2.23. The molecule has 7 heteroatoms. The number of carbonyl (C=O) groups is 1. The Kier molecular flexibility index (Phi) is 5.10. The van der Waals surface area contributed by atoms with Crippen molar-refractivity contribution in [2.45, 2.75) is 25.8 Å². The third-order valence-corrected chi connectivity index (χ3v) is 3.45. The van der Waals surface area contributed by atoms with Crippen molar-refractivity contribution in [3.05, 3.63) is 33.9 Å². The lowest BCUT2D eigenvalue weighted by Gasteiger charge is -2.24. The highest BCUT2D eigenvalue weighted by Gasteiger charge is 2.20. The van der Waals surface area contributed by atoms with Gasteiger partial charge in [-0.15, -0.1) is 0 Å². The van der Waals surface area contributed by atoms with E-state index in [0.717, 1.165) is 25.9 Å². The van der Waals surface area contributed by atoms with Gasteiger partial charge in [-0.3, -0.25) is 14.9 Å². The largest absolute Gasteiger partial charge is 0.375 e. The molecule has 1 saturated heterocycles. The van der Waals surface area contributed by atoms with Crippen LogP contribution in [0.3, 0.4) is 0 Å². The summed E-state index contributed by atoms with van der Waals surface area (Å²) in [5.74, 6) is -0.225. The van der Waals surface area contributed by atoms with E-state index in [4.69, 9.17) is 0 Å². The molecule has 1 unspecified atom stereocenters. The van der Waals surface area contributed by atoms with Crippen LogP contribution >= 0.6 is 0 Å². The summed E-state index contributed by atoms with van der Waals surface area (Å²) in [5, 5.41) is 20.2. The summed E-state index contributed by atoms with van der Waals surface area (Å²) in [5.41, 5.74) is 0.819. The first-order valence-electron chi connectivity index (χ1n) is 7.15. The van der Waals surface area contributed by atoms with E-state index in [0.29, 0.717) is 17.8 Å². The molecule has 1 amide bonds. The van der Waals surface area contributed by atoms with Gasteiger partial charge in [-0.2, -0.15) is 0 Å². The average molecular weight is 292 g/mol. The van der Waals surface area contributed by atoms with Crippen LogP contribution in [0.1, 0.15) is 30.1 Å². The van der Waals surface area contributed by atoms with Crippen LogP contribution in [0.5, 0.6) is 0 Å². The van der Waals surface area contributed by atoms with Crippen LogP contribution in [-0.2, 0) is 0 Å². The molecule has 1 fully saturated rings. The van der Waals surface area contributed by atoms with E-state index in [2.05, 4.69) is 16.0 Å². The number of hydrogen-bond donors (Lipinski definition) is 3. The number of nitrogens with one attached hydrogen (secondary N) is 3. The van der Waals surface area contributed by atoms with Gasteiger partial charge in [-0.05, 0) is 38.4 Å². The smallest absolute Gasteiger partial charge is 0.292 e. The van der Waals surface area contributed by atoms with Crippen LogP contribution in [0.15, 0.2) is 18.2 Å². The first-order valence-corrected chi connectivity index (χ1v) is 7.15. The number of nitrogens with zero attached hydrogens (tertiary/aromatic N) is 1. The summed E-state index contributed by atoms with van der Waals surface area (Å²) in [7, 11) is 0. The van der Waals surface area contributed by atoms with Gasteiger partial charge in [0.2, 0.25) is 0 Å². The minimum atomic E-state index is -0.430. The Hall–Kier alpha value is -2.15. The first-order chi connectivity index (χ1) is 10.1. The molecule has 1 aromatic rings. The van der Waals surface area contributed by atoms with Gasteiger partial charge in [0.15, 0.2) is 0 Å². The molecule has 0 saturated carbocycles. The van der Waals surface area contributed by atoms with Crippen molar-refractivity contribution in [3.8, 4) is 0 Å². The minimum absolute atomic E-state index is 0.00591. The molecule has 0 bridgehead atoms. The van der Waals surface area contributed by atoms with Crippen molar-refractivity contribution >= 4 is 17.3 Å². The van der Waals surface area contributed by atoms with E-state index in [-0.39, 0.29) is 17.6 Å². The maximum Gasteiger partial charge on any atom is 0.292 e. The highest BCUT2D eigenvalue weighted by molar-refractivity contribution is 5.95. The summed E-state index contributed by atoms with van der Waals surface area (Å²) in [4.78, 5) is 22.5. The van der Waals surface area contributed by atoms with Crippen molar-refractivity contribution in [2.24, 2.45) is 0 Å². The fraction of sp³-hybridized carbons (Fsp3) is 0.500. The zero-order valence-corrected chi connectivity index (χ0v) is 12.0. The van der Waals surface area contributed by atoms with Gasteiger partial charge in [0.1, 0.15) is 5.69 Å². The fourth-order valence-corrected chi connectivity index (χ4v) is 2.41. The molecule has 0 aliphatic carbocycles. The molecule has 1 aliphatic rings. The van der Waals surface area contributed by atoms with Crippen LogP contribution in [0.2, 0.25) is 0 Å². The Morgan fingerprint density at radius 1 is 1.52 bits per heavy atom. The van der Waals surface area contributed by atoms with Gasteiger partial charge >= 0.3 is 0 Å². The summed E-state index contributed by atoms with van der Waals surface area (Å²) in [6.45, 7) is 4.09. The van der Waals surface area contributed by atoms with Gasteiger partial charge in [0.05, 0.1) is 4.92 Å². The van der Waals surface area contributed by atoms with Gasteiger partial charge in [0, 0.05) is 30.8 Å². The van der Waals surface area contributed by atoms with Crippen LogP contribution in [0.4, 0.5) is 11.4 Å². The summed E-state index contributed by atoms with van der Waals surface area (Å²) in [6.07, 6.45) is 1.98. The number of hydrogen-bond acceptors (Lipinski definition) is 5. The number of benzene rings is 1. The SMILES string of the molecule is CCNC(=O)c1ccc([N+](=O)[O-])c(NC2CCCNC2)c1. The number of anilines is 1. The molecule has 1 heterocycles. The summed E-state index contributed by atoms with van der Waals surface area (Å²) < 4.78 is 0. The van der Waals surface area contributed by atoms with Crippen molar-refractivity contribution in [1.82, 2.24) is 10.6 Å². The number of nitro groups is 1. The third kappa shape index (κ3) is 3.91. The second-order valence-electron chi connectivity index (χ2n) is 5.04. The van der Waals surface area contributed by atoms with Crippen LogP contribution in [0, 0.1) is 10.1 Å². The Bertz CT molecular complexity index is 527. The number of carbonyl (C=O) groups excluding carboxylic acids is 1. The molecule has 0 spiro atoms. The Morgan fingerprint density at radius 3 is 2.95 bits per heavy atom. The molecule has 21 heavy (non-hydrogen) atoms. The molecule has 3 N–H and O–H groups in total. The standard InChI is InChI=1S/C14H20N4O3/c1-2-16-14(19)10-5-6-13(18(20)21)12(8-10)17-11-4-3-7-15-9-11/h5-6,8,11,15,17H,2-4,7,9H2,1H3,(H,16,19). The molecule has 1 atom stereocenters. The zero-order chi connectivity index (χ0) is 15.2. The normalized spacial score (nSPS) is 18.0. The topological polar surface area (TPSA) is 96.3 Å². The summed E-state index contributed by atoms with van der Waals surface area (Å²) in [6, 6.07) is 4.55.